The number of rotatable bonds is 2. The van der Waals surface area contributed by atoms with Crippen molar-refractivity contribution in [3.8, 4) is 0 Å². The first-order valence-electron chi connectivity index (χ1n) is 5.35. The van der Waals surface area contributed by atoms with E-state index in [0.29, 0.717) is 12.5 Å². The molecular weight excluding hydrogens is 192 g/mol. The fraction of sp³-hybridized carbons (Fsp3) is 0.636. The van der Waals surface area contributed by atoms with Crippen LogP contribution in [-0.4, -0.2) is 23.4 Å². The SMILES string of the molecule is CC(C)c1cc(C2CCOC2)c(=O)[nH]n1. The number of nitrogens with one attached hydrogen (secondary N) is 1. The van der Waals surface area contributed by atoms with Crippen molar-refractivity contribution in [3.05, 3.63) is 27.7 Å². The molecule has 15 heavy (non-hydrogen) atoms. The van der Waals surface area contributed by atoms with Crippen molar-refractivity contribution in [1.29, 1.82) is 0 Å². The Morgan fingerprint density at radius 2 is 2.40 bits per heavy atom. The molecule has 0 amide bonds. The van der Waals surface area contributed by atoms with Gasteiger partial charge in [-0.15, -0.1) is 0 Å². The van der Waals surface area contributed by atoms with Gasteiger partial charge < -0.3 is 4.74 Å². The summed E-state index contributed by atoms with van der Waals surface area (Å²) in [7, 11) is 0. The molecule has 0 aromatic carbocycles. The summed E-state index contributed by atoms with van der Waals surface area (Å²) in [6.45, 7) is 5.54. The van der Waals surface area contributed by atoms with E-state index >= 15 is 0 Å². The van der Waals surface area contributed by atoms with Gasteiger partial charge in [0.15, 0.2) is 0 Å². The normalized spacial score (nSPS) is 21.1. The summed E-state index contributed by atoms with van der Waals surface area (Å²) >= 11 is 0. The quantitative estimate of drug-likeness (QED) is 0.799. The summed E-state index contributed by atoms with van der Waals surface area (Å²) in [6.07, 6.45) is 0.935. The van der Waals surface area contributed by atoms with E-state index in [1.54, 1.807) is 0 Å². The molecule has 4 nitrogen and oxygen atoms in total. The van der Waals surface area contributed by atoms with Crippen LogP contribution in [0.3, 0.4) is 0 Å². The predicted molar refractivity (Wildman–Crippen MR) is 57.1 cm³/mol. The summed E-state index contributed by atoms with van der Waals surface area (Å²) in [5, 5.41) is 6.60. The van der Waals surface area contributed by atoms with Gasteiger partial charge in [0.2, 0.25) is 0 Å². The Labute approximate surface area is 88.7 Å². The highest BCUT2D eigenvalue weighted by molar-refractivity contribution is 5.20. The van der Waals surface area contributed by atoms with E-state index in [2.05, 4.69) is 24.0 Å². The number of ether oxygens (including phenoxy) is 1. The maximum atomic E-state index is 11.6. The van der Waals surface area contributed by atoms with Gasteiger partial charge in [0.05, 0.1) is 12.3 Å². The van der Waals surface area contributed by atoms with Crippen LogP contribution in [0.15, 0.2) is 10.9 Å². The fourth-order valence-corrected chi connectivity index (χ4v) is 1.82. The number of hydrogen-bond donors (Lipinski definition) is 1. The first-order valence-corrected chi connectivity index (χ1v) is 5.35. The number of hydrogen-bond acceptors (Lipinski definition) is 3. The maximum Gasteiger partial charge on any atom is 0.267 e. The van der Waals surface area contributed by atoms with Crippen LogP contribution in [0.1, 0.15) is 43.4 Å². The second-order valence-corrected chi connectivity index (χ2v) is 4.29. The van der Waals surface area contributed by atoms with Gasteiger partial charge in [-0.05, 0) is 18.4 Å². The molecule has 1 N–H and O–H groups in total. The van der Waals surface area contributed by atoms with Crippen molar-refractivity contribution >= 4 is 0 Å². The van der Waals surface area contributed by atoms with Crippen molar-refractivity contribution in [2.75, 3.05) is 13.2 Å². The largest absolute Gasteiger partial charge is 0.381 e. The number of aromatic nitrogens is 2. The van der Waals surface area contributed by atoms with Gasteiger partial charge in [0.25, 0.3) is 5.56 Å². The van der Waals surface area contributed by atoms with Crippen molar-refractivity contribution in [1.82, 2.24) is 10.2 Å². The Kier molecular flexibility index (Phi) is 2.86. The van der Waals surface area contributed by atoms with Gasteiger partial charge in [0, 0.05) is 18.1 Å². The number of aromatic amines is 1. The summed E-state index contributed by atoms with van der Waals surface area (Å²) in [5.74, 6) is 0.581. The standard InChI is InChI=1S/C11H16N2O2/c1-7(2)10-5-9(11(14)13-12-10)8-3-4-15-6-8/h5,7-8H,3-4,6H2,1-2H3,(H,13,14). The molecule has 0 spiro atoms. The molecule has 0 aliphatic carbocycles. The number of H-pyrrole nitrogens is 1. The zero-order valence-corrected chi connectivity index (χ0v) is 9.12. The molecule has 1 unspecified atom stereocenters. The monoisotopic (exact) mass is 208 g/mol. The van der Waals surface area contributed by atoms with E-state index < -0.39 is 0 Å². The Hall–Kier alpha value is -1.16. The summed E-state index contributed by atoms with van der Waals surface area (Å²) in [5.41, 5.74) is 1.69. The predicted octanol–water partition coefficient (Wildman–Crippen LogP) is 1.40. The van der Waals surface area contributed by atoms with Gasteiger partial charge in [0.1, 0.15) is 0 Å². The molecule has 2 heterocycles. The van der Waals surface area contributed by atoms with Gasteiger partial charge >= 0.3 is 0 Å². The van der Waals surface area contributed by atoms with Crippen LogP contribution in [0.5, 0.6) is 0 Å². The van der Waals surface area contributed by atoms with E-state index in [1.807, 2.05) is 6.07 Å². The summed E-state index contributed by atoms with van der Waals surface area (Å²) < 4.78 is 5.29. The molecule has 0 saturated carbocycles. The Bertz CT molecular complexity index is 392. The van der Waals surface area contributed by atoms with Gasteiger partial charge in [-0.2, -0.15) is 5.10 Å². The molecule has 1 fully saturated rings. The van der Waals surface area contributed by atoms with Gasteiger partial charge in [-0.3, -0.25) is 4.79 Å². The van der Waals surface area contributed by atoms with E-state index in [9.17, 15) is 4.79 Å². The zero-order valence-electron chi connectivity index (χ0n) is 9.12. The molecule has 1 aliphatic heterocycles. The van der Waals surface area contributed by atoms with Crippen LogP contribution < -0.4 is 5.56 Å². The third-order valence-electron chi connectivity index (χ3n) is 2.81. The molecular formula is C11H16N2O2. The van der Waals surface area contributed by atoms with Crippen LogP contribution in [-0.2, 0) is 4.74 Å². The third-order valence-corrected chi connectivity index (χ3v) is 2.81. The van der Waals surface area contributed by atoms with E-state index in [0.717, 1.165) is 24.3 Å². The first-order chi connectivity index (χ1) is 7.18. The van der Waals surface area contributed by atoms with E-state index in [1.165, 1.54) is 0 Å². The molecule has 0 bridgehead atoms. The van der Waals surface area contributed by atoms with E-state index in [-0.39, 0.29) is 11.5 Å². The Morgan fingerprint density at radius 1 is 1.60 bits per heavy atom. The lowest BCUT2D eigenvalue weighted by Crippen LogP contribution is -2.19. The average Bonchev–Trinajstić information content (AvgIpc) is 2.71. The Morgan fingerprint density at radius 3 is 3.00 bits per heavy atom. The van der Waals surface area contributed by atoms with Crippen molar-refractivity contribution < 1.29 is 4.74 Å². The highest BCUT2D eigenvalue weighted by Gasteiger charge is 2.21. The lowest BCUT2D eigenvalue weighted by atomic mass is 9.98. The Balaban J connectivity index is 2.36. The van der Waals surface area contributed by atoms with Crippen LogP contribution >= 0.6 is 0 Å². The van der Waals surface area contributed by atoms with Crippen molar-refractivity contribution in [2.24, 2.45) is 0 Å². The van der Waals surface area contributed by atoms with Crippen molar-refractivity contribution in [3.63, 3.8) is 0 Å². The summed E-state index contributed by atoms with van der Waals surface area (Å²) in [6, 6.07) is 1.92. The van der Waals surface area contributed by atoms with Crippen LogP contribution in [0, 0.1) is 0 Å². The first kappa shape index (κ1) is 10.4. The second kappa shape index (κ2) is 4.14. The molecule has 1 aromatic rings. The lowest BCUT2D eigenvalue weighted by Gasteiger charge is -2.09. The van der Waals surface area contributed by atoms with E-state index in [4.69, 9.17) is 4.74 Å². The molecule has 82 valence electrons. The minimum Gasteiger partial charge on any atom is -0.381 e. The molecule has 1 atom stereocenters. The smallest absolute Gasteiger partial charge is 0.267 e. The van der Waals surface area contributed by atoms with Crippen LogP contribution in [0.2, 0.25) is 0 Å². The molecule has 4 heteroatoms. The molecule has 1 saturated heterocycles. The molecule has 1 aliphatic rings. The fourth-order valence-electron chi connectivity index (χ4n) is 1.82. The summed E-state index contributed by atoms with van der Waals surface area (Å²) in [4.78, 5) is 11.6. The molecule has 1 aromatic heterocycles. The van der Waals surface area contributed by atoms with Gasteiger partial charge in [-0.1, -0.05) is 13.8 Å². The van der Waals surface area contributed by atoms with Gasteiger partial charge in [-0.25, -0.2) is 5.10 Å². The minimum absolute atomic E-state index is 0.0742. The zero-order chi connectivity index (χ0) is 10.8. The average molecular weight is 208 g/mol. The molecule has 2 rings (SSSR count). The van der Waals surface area contributed by atoms with Crippen molar-refractivity contribution in [2.45, 2.75) is 32.1 Å². The third kappa shape index (κ3) is 2.09. The van der Waals surface area contributed by atoms with Crippen LogP contribution in [0.25, 0.3) is 0 Å². The highest BCUT2D eigenvalue weighted by atomic mass is 16.5. The lowest BCUT2D eigenvalue weighted by molar-refractivity contribution is 0.193. The topological polar surface area (TPSA) is 55.0 Å². The minimum atomic E-state index is -0.0742. The number of nitrogens with zero attached hydrogens (tertiary/aromatic N) is 1. The molecule has 0 radical (unpaired) electrons. The second-order valence-electron chi connectivity index (χ2n) is 4.29. The van der Waals surface area contributed by atoms with Crippen LogP contribution in [0.4, 0.5) is 0 Å². The maximum absolute atomic E-state index is 11.6. The highest BCUT2D eigenvalue weighted by Crippen LogP contribution is 2.23.